The Morgan fingerprint density at radius 2 is 1.96 bits per heavy atom. The van der Waals surface area contributed by atoms with Crippen LogP contribution < -0.4 is 14.8 Å². The van der Waals surface area contributed by atoms with E-state index in [4.69, 9.17) is 9.47 Å². The predicted octanol–water partition coefficient (Wildman–Crippen LogP) is 3.58. The van der Waals surface area contributed by atoms with Gasteiger partial charge in [-0.25, -0.2) is 4.98 Å². The highest BCUT2D eigenvalue weighted by Crippen LogP contribution is 2.30. The van der Waals surface area contributed by atoms with E-state index < -0.39 is 0 Å². The molecule has 0 spiro atoms. The van der Waals surface area contributed by atoms with Crippen LogP contribution in [-0.4, -0.2) is 30.1 Å². The number of nitrogens with one attached hydrogen (secondary N) is 1. The number of ether oxygens (including phenoxy) is 2. The number of aryl methyl sites for hydroxylation is 1. The quantitative estimate of drug-likeness (QED) is 0.722. The number of carbonyl (C=O) groups excluding carboxylic acids is 1. The summed E-state index contributed by atoms with van der Waals surface area (Å²) in [7, 11) is 0. The van der Waals surface area contributed by atoms with Gasteiger partial charge in [-0.3, -0.25) is 4.79 Å². The Labute approximate surface area is 156 Å². The molecule has 1 aromatic heterocycles. The monoisotopic (exact) mass is 368 g/mol. The molecule has 1 amide bonds. The summed E-state index contributed by atoms with van der Waals surface area (Å²) < 4.78 is 12.7. The van der Waals surface area contributed by atoms with Crippen molar-refractivity contribution in [3.8, 4) is 11.5 Å². The number of para-hydroxylation sites is 3. The van der Waals surface area contributed by atoms with Gasteiger partial charge < -0.3 is 14.8 Å². The summed E-state index contributed by atoms with van der Waals surface area (Å²) in [6.45, 7) is 0.900. The van der Waals surface area contributed by atoms with E-state index in [1.165, 1.54) is 4.70 Å². The van der Waals surface area contributed by atoms with Gasteiger partial charge in [0.05, 0.1) is 21.8 Å². The molecule has 2 aromatic carbocycles. The van der Waals surface area contributed by atoms with E-state index in [0.717, 1.165) is 34.9 Å². The molecule has 6 heteroatoms. The first-order valence-corrected chi connectivity index (χ1v) is 9.59. The van der Waals surface area contributed by atoms with E-state index in [1.54, 1.807) is 11.3 Å². The fourth-order valence-electron chi connectivity index (χ4n) is 2.91. The number of carbonyl (C=O) groups is 1. The van der Waals surface area contributed by atoms with Crippen molar-refractivity contribution < 1.29 is 14.3 Å². The third kappa shape index (κ3) is 3.96. The second-order valence-corrected chi connectivity index (χ2v) is 7.35. The van der Waals surface area contributed by atoms with Crippen molar-refractivity contribution in [2.45, 2.75) is 25.4 Å². The van der Waals surface area contributed by atoms with E-state index in [9.17, 15) is 4.79 Å². The van der Waals surface area contributed by atoms with Gasteiger partial charge in [-0.15, -0.1) is 11.3 Å². The average molecular weight is 368 g/mol. The van der Waals surface area contributed by atoms with Crippen molar-refractivity contribution in [3.63, 3.8) is 0 Å². The van der Waals surface area contributed by atoms with Gasteiger partial charge in [-0.2, -0.15) is 0 Å². The van der Waals surface area contributed by atoms with Crippen LogP contribution in [-0.2, 0) is 11.2 Å². The molecule has 5 nitrogen and oxygen atoms in total. The summed E-state index contributed by atoms with van der Waals surface area (Å²) in [6, 6.07) is 15.7. The van der Waals surface area contributed by atoms with Gasteiger partial charge in [0, 0.05) is 6.42 Å². The average Bonchev–Trinajstić information content (AvgIpc) is 3.09. The lowest BCUT2D eigenvalue weighted by Gasteiger charge is -2.26. The van der Waals surface area contributed by atoms with Crippen LogP contribution >= 0.6 is 11.3 Å². The summed E-state index contributed by atoms with van der Waals surface area (Å²) >= 11 is 1.70. The van der Waals surface area contributed by atoms with Crippen molar-refractivity contribution in [3.05, 3.63) is 53.5 Å². The molecule has 0 fully saturated rings. The van der Waals surface area contributed by atoms with Crippen LogP contribution in [0.1, 0.15) is 17.8 Å². The molecule has 1 unspecified atom stereocenters. The number of thiazole rings is 1. The highest BCUT2D eigenvalue weighted by molar-refractivity contribution is 7.18. The molecule has 134 valence electrons. The van der Waals surface area contributed by atoms with Crippen LogP contribution in [0.5, 0.6) is 11.5 Å². The van der Waals surface area contributed by atoms with Crippen LogP contribution in [0.2, 0.25) is 0 Å². The summed E-state index contributed by atoms with van der Waals surface area (Å²) in [5.74, 6) is 1.52. The molecule has 0 aliphatic carbocycles. The largest absolute Gasteiger partial charge is 0.486 e. The Balaban J connectivity index is 1.20. The summed E-state index contributed by atoms with van der Waals surface area (Å²) in [4.78, 5) is 16.7. The number of fused-ring (bicyclic) bond motifs is 2. The van der Waals surface area contributed by atoms with Crippen molar-refractivity contribution in [1.82, 2.24) is 10.3 Å². The third-order valence-electron chi connectivity index (χ3n) is 4.23. The molecular weight excluding hydrogens is 348 g/mol. The minimum Gasteiger partial charge on any atom is -0.486 e. The zero-order valence-corrected chi connectivity index (χ0v) is 15.1. The summed E-state index contributed by atoms with van der Waals surface area (Å²) in [6.07, 6.45) is 1.94. The maximum absolute atomic E-state index is 12.1. The molecule has 0 bridgehead atoms. The Morgan fingerprint density at radius 3 is 2.85 bits per heavy atom. The fourth-order valence-corrected chi connectivity index (χ4v) is 3.92. The first-order valence-electron chi connectivity index (χ1n) is 8.77. The summed E-state index contributed by atoms with van der Waals surface area (Å²) in [5, 5.41) is 4.02. The highest BCUT2D eigenvalue weighted by Gasteiger charge is 2.20. The summed E-state index contributed by atoms with van der Waals surface area (Å²) in [5.41, 5.74) is 1.03. The van der Waals surface area contributed by atoms with Gasteiger partial charge in [-0.1, -0.05) is 24.3 Å². The number of hydrogen-bond acceptors (Lipinski definition) is 5. The molecule has 0 radical (unpaired) electrons. The number of aromatic nitrogens is 1. The number of hydrogen-bond donors (Lipinski definition) is 1. The second kappa shape index (κ2) is 7.74. The standard InChI is InChI=1S/C20H20N2O3S/c23-19(10-5-11-20-22-15-6-1-4-9-18(15)26-20)21-12-14-13-24-16-7-2-3-8-17(16)25-14/h1-4,6-9,14H,5,10-13H2,(H,21,23). The molecule has 4 rings (SSSR count). The van der Waals surface area contributed by atoms with Crippen molar-refractivity contribution in [1.29, 1.82) is 0 Å². The van der Waals surface area contributed by atoms with E-state index in [1.807, 2.05) is 42.5 Å². The molecule has 3 aromatic rings. The minimum atomic E-state index is -0.155. The van der Waals surface area contributed by atoms with Crippen LogP contribution in [0.3, 0.4) is 0 Å². The van der Waals surface area contributed by atoms with Gasteiger partial charge in [0.25, 0.3) is 0 Å². The number of nitrogens with zero attached hydrogens (tertiary/aromatic N) is 1. The van der Waals surface area contributed by atoms with E-state index in [0.29, 0.717) is 19.6 Å². The number of rotatable bonds is 6. The Morgan fingerprint density at radius 1 is 1.15 bits per heavy atom. The van der Waals surface area contributed by atoms with E-state index in [2.05, 4.69) is 16.4 Å². The fraction of sp³-hybridized carbons (Fsp3) is 0.300. The van der Waals surface area contributed by atoms with Crippen LogP contribution in [0, 0.1) is 0 Å². The van der Waals surface area contributed by atoms with Gasteiger partial charge in [0.1, 0.15) is 12.7 Å². The lowest BCUT2D eigenvalue weighted by Crippen LogP contribution is -2.40. The number of amides is 1. The molecule has 1 aliphatic heterocycles. The molecule has 1 aliphatic rings. The second-order valence-electron chi connectivity index (χ2n) is 6.23. The topological polar surface area (TPSA) is 60.5 Å². The Kier molecular flexibility index (Phi) is 5.02. The van der Waals surface area contributed by atoms with Crippen LogP contribution in [0.25, 0.3) is 10.2 Å². The van der Waals surface area contributed by atoms with Crippen molar-refractivity contribution in [2.24, 2.45) is 0 Å². The molecule has 2 heterocycles. The van der Waals surface area contributed by atoms with Crippen LogP contribution in [0.4, 0.5) is 0 Å². The van der Waals surface area contributed by atoms with E-state index in [-0.39, 0.29) is 12.0 Å². The Hall–Kier alpha value is -2.60. The van der Waals surface area contributed by atoms with E-state index >= 15 is 0 Å². The first-order chi connectivity index (χ1) is 12.8. The molecule has 26 heavy (non-hydrogen) atoms. The lowest BCUT2D eigenvalue weighted by molar-refractivity contribution is -0.121. The molecule has 1 N–H and O–H groups in total. The van der Waals surface area contributed by atoms with Gasteiger partial charge in [0.2, 0.25) is 5.91 Å². The predicted molar refractivity (Wildman–Crippen MR) is 102 cm³/mol. The SMILES string of the molecule is O=C(CCCc1nc2ccccc2s1)NCC1COc2ccccc2O1. The maximum atomic E-state index is 12.1. The molecule has 0 saturated heterocycles. The lowest BCUT2D eigenvalue weighted by atomic mass is 10.2. The van der Waals surface area contributed by atoms with Crippen molar-refractivity contribution >= 4 is 27.5 Å². The first kappa shape index (κ1) is 16.8. The number of benzene rings is 2. The van der Waals surface area contributed by atoms with Gasteiger partial charge in [-0.05, 0) is 37.1 Å². The van der Waals surface area contributed by atoms with Gasteiger partial charge in [0.15, 0.2) is 11.5 Å². The normalized spacial score (nSPS) is 15.8. The third-order valence-corrected chi connectivity index (χ3v) is 5.32. The zero-order chi connectivity index (χ0) is 17.8. The van der Waals surface area contributed by atoms with Gasteiger partial charge >= 0.3 is 0 Å². The highest BCUT2D eigenvalue weighted by atomic mass is 32.1. The smallest absolute Gasteiger partial charge is 0.220 e. The maximum Gasteiger partial charge on any atom is 0.220 e. The molecular formula is C20H20N2O3S. The van der Waals surface area contributed by atoms with Crippen molar-refractivity contribution in [2.75, 3.05) is 13.2 Å². The molecule has 1 atom stereocenters. The van der Waals surface area contributed by atoms with Crippen LogP contribution in [0.15, 0.2) is 48.5 Å². The molecule has 0 saturated carbocycles. The Bertz CT molecular complexity index is 876. The minimum absolute atomic E-state index is 0.0357. The zero-order valence-electron chi connectivity index (χ0n) is 14.3.